The highest BCUT2D eigenvalue weighted by molar-refractivity contribution is 7.92. The van der Waals surface area contributed by atoms with Crippen LogP contribution in [0.15, 0.2) is 71.6 Å². The van der Waals surface area contributed by atoms with Crippen LogP contribution in [-0.2, 0) is 26.2 Å². The second-order valence-electron chi connectivity index (χ2n) is 9.83. The van der Waals surface area contributed by atoms with E-state index in [9.17, 15) is 22.4 Å². The third-order valence-corrected chi connectivity index (χ3v) is 8.58. The predicted molar refractivity (Wildman–Crippen MR) is 160 cm³/mol. The van der Waals surface area contributed by atoms with E-state index >= 15 is 0 Å². The van der Waals surface area contributed by atoms with E-state index in [2.05, 4.69) is 5.32 Å². The number of aryl methyl sites for hydroxylation is 1. The van der Waals surface area contributed by atoms with Crippen LogP contribution < -0.4 is 19.1 Å². The Kier molecular flexibility index (Phi) is 11.3. The van der Waals surface area contributed by atoms with Crippen LogP contribution >= 0.6 is 0 Å². The number of sulfonamides is 1. The summed E-state index contributed by atoms with van der Waals surface area (Å²) in [6, 6.07) is 15.6. The largest absolute Gasteiger partial charge is 0.493 e. The second kappa shape index (κ2) is 14.7. The van der Waals surface area contributed by atoms with Gasteiger partial charge < -0.3 is 19.7 Å². The molecule has 0 aliphatic heterocycles. The Balaban J connectivity index is 2.03. The van der Waals surface area contributed by atoms with Crippen LogP contribution in [-0.4, -0.2) is 58.5 Å². The summed E-state index contributed by atoms with van der Waals surface area (Å²) in [5.41, 5.74) is 1.76. The first kappa shape index (κ1) is 32.4. The molecule has 42 heavy (non-hydrogen) atoms. The Morgan fingerprint density at radius 1 is 0.952 bits per heavy atom. The molecule has 0 aromatic heterocycles. The molecule has 0 fully saturated rings. The van der Waals surface area contributed by atoms with Crippen molar-refractivity contribution in [3.05, 3.63) is 83.7 Å². The first-order valence-corrected chi connectivity index (χ1v) is 15.1. The molecule has 9 nitrogen and oxygen atoms in total. The van der Waals surface area contributed by atoms with Gasteiger partial charge in [-0.15, -0.1) is 0 Å². The third kappa shape index (κ3) is 8.00. The Morgan fingerprint density at radius 3 is 2.19 bits per heavy atom. The van der Waals surface area contributed by atoms with Gasteiger partial charge in [0.05, 0.1) is 24.8 Å². The molecule has 3 aromatic carbocycles. The highest BCUT2D eigenvalue weighted by Gasteiger charge is 2.33. The van der Waals surface area contributed by atoms with Gasteiger partial charge in [-0.25, -0.2) is 12.8 Å². The van der Waals surface area contributed by atoms with Gasteiger partial charge in [-0.05, 0) is 62.2 Å². The fourth-order valence-electron chi connectivity index (χ4n) is 4.25. The number of rotatable bonds is 14. The minimum Gasteiger partial charge on any atom is -0.493 e. The molecule has 0 bridgehead atoms. The number of carbonyl (C=O) groups is 2. The van der Waals surface area contributed by atoms with Gasteiger partial charge in [0.25, 0.3) is 10.0 Å². The maximum Gasteiger partial charge on any atom is 0.264 e. The molecule has 1 atom stereocenters. The lowest BCUT2D eigenvalue weighted by Crippen LogP contribution is -2.51. The van der Waals surface area contributed by atoms with Crippen LogP contribution in [0, 0.1) is 12.7 Å². The molecule has 2 amide bonds. The lowest BCUT2D eigenvalue weighted by Gasteiger charge is -2.32. The van der Waals surface area contributed by atoms with Crippen molar-refractivity contribution in [1.29, 1.82) is 0 Å². The topological polar surface area (TPSA) is 105 Å². The number of nitrogens with one attached hydrogen (secondary N) is 1. The number of amides is 2. The Labute approximate surface area is 247 Å². The molecule has 0 aliphatic rings. The number of ether oxygens (including phenoxy) is 2. The van der Waals surface area contributed by atoms with Gasteiger partial charge >= 0.3 is 0 Å². The summed E-state index contributed by atoms with van der Waals surface area (Å²) in [7, 11) is -1.45. The predicted octanol–water partition coefficient (Wildman–Crippen LogP) is 4.68. The SMILES string of the molecule is CCCCNC(=O)C(C)N(Cc1ccc(F)cc1)C(=O)CN(c1ccc(C)cc1)S(=O)(=O)c1ccc(OC)c(OC)c1. The summed E-state index contributed by atoms with van der Waals surface area (Å²) >= 11 is 0. The summed E-state index contributed by atoms with van der Waals surface area (Å²) in [6.45, 7) is 5.28. The van der Waals surface area contributed by atoms with Gasteiger partial charge in [0.2, 0.25) is 11.8 Å². The summed E-state index contributed by atoms with van der Waals surface area (Å²) in [5.74, 6) is -0.856. The Bertz CT molecular complexity index is 1460. The molecular formula is C31H38FN3O6S. The maximum atomic E-state index is 14.1. The normalized spacial score (nSPS) is 11.9. The molecular weight excluding hydrogens is 561 g/mol. The summed E-state index contributed by atoms with van der Waals surface area (Å²) in [6.07, 6.45) is 1.65. The van der Waals surface area contributed by atoms with E-state index in [0.29, 0.717) is 17.9 Å². The van der Waals surface area contributed by atoms with Gasteiger partial charge in [-0.3, -0.25) is 13.9 Å². The van der Waals surface area contributed by atoms with Gasteiger partial charge in [0, 0.05) is 19.2 Å². The molecule has 1 N–H and O–H groups in total. The van der Waals surface area contributed by atoms with E-state index in [-0.39, 0.29) is 28.8 Å². The van der Waals surface area contributed by atoms with Crippen LogP contribution in [0.3, 0.4) is 0 Å². The van der Waals surface area contributed by atoms with Crippen LogP contribution in [0.4, 0.5) is 10.1 Å². The van der Waals surface area contributed by atoms with Crippen molar-refractivity contribution >= 4 is 27.5 Å². The van der Waals surface area contributed by atoms with Crippen molar-refractivity contribution < 1.29 is 31.9 Å². The van der Waals surface area contributed by atoms with Crippen molar-refractivity contribution in [3.63, 3.8) is 0 Å². The molecule has 0 spiro atoms. The number of benzene rings is 3. The van der Waals surface area contributed by atoms with E-state index in [1.54, 1.807) is 31.2 Å². The number of hydrogen-bond donors (Lipinski definition) is 1. The number of nitrogens with zero attached hydrogens (tertiary/aromatic N) is 2. The number of unbranched alkanes of at least 4 members (excludes halogenated alkanes) is 1. The molecule has 0 aliphatic carbocycles. The van der Waals surface area contributed by atoms with Gasteiger partial charge in [-0.2, -0.15) is 0 Å². The minimum atomic E-state index is -4.29. The lowest BCUT2D eigenvalue weighted by molar-refractivity contribution is -0.139. The van der Waals surface area contributed by atoms with Crippen molar-refractivity contribution in [2.24, 2.45) is 0 Å². The standard InChI is InChI=1S/C31H38FN3O6S/c1-6-7-18-33-31(37)23(3)34(20-24-10-12-25(32)13-11-24)30(36)21-35(26-14-8-22(2)9-15-26)42(38,39)27-16-17-28(40-4)29(19-27)41-5/h8-17,19,23H,6-7,18,20-21H2,1-5H3,(H,33,37). The smallest absolute Gasteiger partial charge is 0.264 e. The van der Waals surface area contributed by atoms with E-state index in [0.717, 1.165) is 22.7 Å². The number of carbonyl (C=O) groups excluding carboxylic acids is 2. The average Bonchev–Trinajstić information content (AvgIpc) is 2.99. The number of methoxy groups -OCH3 is 2. The monoisotopic (exact) mass is 599 g/mol. The lowest BCUT2D eigenvalue weighted by atomic mass is 10.1. The summed E-state index contributed by atoms with van der Waals surface area (Å²) in [5, 5.41) is 2.83. The molecule has 0 heterocycles. The molecule has 3 rings (SSSR count). The fourth-order valence-corrected chi connectivity index (χ4v) is 5.68. The van der Waals surface area contributed by atoms with Crippen molar-refractivity contribution in [3.8, 4) is 11.5 Å². The third-order valence-electron chi connectivity index (χ3n) is 6.81. The van der Waals surface area contributed by atoms with E-state index in [1.165, 1.54) is 61.6 Å². The first-order valence-electron chi connectivity index (χ1n) is 13.6. The van der Waals surface area contributed by atoms with Gasteiger partial charge in [0.15, 0.2) is 11.5 Å². The van der Waals surface area contributed by atoms with Gasteiger partial charge in [-0.1, -0.05) is 43.2 Å². The average molecular weight is 600 g/mol. The number of anilines is 1. The summed E-state index contributed by atoms with van der Waals surface area (Å²) < 4.78 is 53.3. The van der Waals surface area contributed by atoms with Crippen LogP contribution in [0.1, 0.15) is 37.8 Å². The molecule has 1 unspecified atom stereocenters. The Morgan fingerprint density at radius 2 is 1.60 bits per heavy atom. The van der Waals surface area contributed by atoms with Crippen LogP contribution in [0.25, 0.3) is 0 Å². The number of hydrogen-bond acceptors (Lipinski definition) is 6. The highest BCUT2D eigenvalue weighted by Crippen LogP contribution is 2.32. The van der Waals surface area contributed by atoms with Crippen molar-refractivity contribution in [1.82, 2.24) is 10.2 Å². The van der Waals surface area contributed by atoms with Crippen LogP contribution in [0.5, 0.6) is 11.5 Å². The first-order chi connectivity index (χ1) is 20.0. The minimum absolute atomic E-state index is 0.0282. The molecule has 0 saturated carbocycles. The fraction of sp³-hybridized carbons (Fsp3) is 0.355. The van der Waals surface area contributed by atoms with Gasteiger partial charge in [0.1, 0.15) is 18.4 Å². The highest BCUT2D eigenvalue weighted by atomic mass is 32.2. The zero-order valence-electron chi connectivity index (χ0n) is 24.6. The maximum absolute atomic E-state index is 14.1. The molecule has 226 valence electrons. The van der Waals surface area contributed by atoms with E-state index in [1.807, 2.05) is 13.8 Å². The molecule has 11 heteroatoms. The second-order valence-corrected chi connectivity index (χ2v) is 11.7. The van der Waals surface area contributed by atoms with E-state index < -0.39 is 34.3 Å². The van der Waals surface area contributed by atoms with Crippen LogP contribution in [0.2, 0.25) is 0 Å². The zero-order valence-corrected chi connectivity index (χ0v) is 25.4. The zero-order chi connectivity index (χ0) is 30.9. The quantitative estimate of drug-likeness (QED) is 0.270. The molecule has 3 aromatic rings. The molecule has 0 radical (unpaired) electrons. The molecule has 0 saturated heterocycles. The van der Waals surface area contributed by atoms with Crippen molar-refractivity contribution in [2.45, 2.75) is 51.1 Å². The summed E-state index contributed by atoms with van der Waals surface area (Å²) in [4.78, 5) is 28.2. The Hall–Kier alpha value is -4.12. The van der Waals surface area contributed by atoms with Crippen molar-refractivity contribution in [2.75, 3.05) is 31.6 Å². The number of halogens is 1. The van der Waals surface area contributed by atoms with E-state index in [4.69, 9.17) is 9.47 Å².